The summed E-state index contributed by atoms with van der Waals surface area (Å²) in [6.45, 7) is 4.17. The normalized spacial score (nSPS) is 10.5. The molecule has 1 aromatic rings. The highest BCUT2D eigenvalue weighted by molar-refractivity contribution is 9.10. The maximum absolute atomic E-state index is 5.85. The smallest absolute Gasteiger partial charge is 0.0417 e. The van der Waals surface area contributed by atoms with Crippen molar-refractivity contribution in [2.75, 3.05) is 6.54 Å². The van der Waals surface area contributed by atoms with Crippen molar-refractivity contribution in [1.29, 1.82) is 0 Å². The van der Waals surface area contributed by atoms with Gasteiger partial charge < -0.3 is 5.32 Å². The van der Waals surface area contributed by atoms with Gasteiger partial charge in [-0.3, -0.25) is 0 Å². The maximum atomic E-state index is 5.85. The molecule has 0 aliphatic heterocycles. The minimum absolute atomic E-state index is 0.772. The van der Waals surface area contributed by atoms with Crippen LogP contribution >= 0.6 is 27.5 Å². The molecule has 14 heavy (non-hydrogen) atoms. The molecular weight excluding hydrogens is 261 g/mol. The second-order valence-electron chi connectivity index (χ2n) is 3.27. The van der Waals surface area contributed by atoms with E-state index in [1.54, 1.807) is 0 Å². The molecule has 1 N–H and O–H groups in total. The molecule has 1 nitrogen and oxygen atoms in total. The van der Waals surface area contributed by atoms with Crippen LogP contribution in [0.3, 0.4) is 0 Å². The molecule has 1 rings (SSSR count). The molecule has 78 valence electrons. The van der Waals surface area contributed by atoms with E-state index in [0.29, 0.717) is 0 Å². The third-order valence-corrected chi connectivity index (χ3v) is 3.01. The van der Waals surface area contributed by atoms with Gasteiger partial charge in [0.15, 0.2) is 0 Å². The van der Waals surface area contributed by atoms with E-state index in [1.807, 2.05) is 18.2 Å². The van der Waals surface area contributed by atoms with Gasteiger partial charge in [-0.2, -0.15) is 0 Å². The van der Waals surface area contributed by atoms with Crippen molar-refractivity contribution in [1.82, 2.24) is 5.32 Å². The van der Waals surface area contributed by atoms with Crippen LogP contribution < -0.4 is 5.32 Å². The Balaban J connectivity index is 2.42. The Bertz CT molecular complexity index is 289. The van der Waals surface area contributed by atoms with E-state index < -0.39 is 0 Å². The van der Waals surface area contributed by atoms with E-state index in [2.05, 4.69) is 28.2 Å². The lowest BCUT2D eigenvalue weighted by atomic mass is 10.2. The van der Waals surface area contributed by atoms with Crippen molar-refractivity contribution in [3.05, 3.63) is 33.3 Å². The third kappa shape index (κ3) is 3.99. The van der Waals surface area contributed by atoms with Gasteiger partial charge in [0.25, 0.3) is 0 Å². The highest BCUT2D eigenvalue weighted by Gasteiger charge is 1.99. The van der Waals surface area contributed by atoms with Gasteiger partial charge in [-0.1, -0.05) is 46.9 Å². The van der Waals surface area contributed by atoms with Crippen molar-refractivity contribution in [2.45, 2.75) is 26.3 Å². The molecule has 3 heteroatoms. The molecule has 0 aromatic heterocycles. The molecule has 0 atom stereocenters. The Morgan fingerprint density at radius 2 is 2.21 bits per heavy atom. The number of rotatable bonds is 5. The van der Waals surface area contributed by atoms with Crippen LogP contribution in [0.1, 0.15) is 25.3 Å². The first kappa shape index (κ1) is 12.0. The number of unbranched alkanes of at least 4 members (excludes halogenated alkanes) is 1. The van der Waals surface area contributed by atoms with Crippen LogP contribution in [0, 0.1) is 0 Å². The van der Waals surface area contributed by atoms with Crippen molar-refractivity contribution >= 4 is 27.5 Å². The van der Waals surface area contributed by atoms with Gasteiger partial charge >= 0.3 is 0 Å². The van der Waals surface area contributed by atoms with E-state index in [1.165, 1.54) is 18.4 Å². The van der Waals surface area contributed by atoms with E-state index in [9.17, 15) is 0 Å². The highest BCUT2D eigenvalue weighted by atomic mass is 79.9. The second-order valence-corrected chi connectivity index (χ2v) is 4.56. The molecular formula is C11H15BrClN. The molecule has 0 heterocycles. The average Bonchev–Trinajstić information content (AvgIpc) is 2.15. The summed E-state index contributed by atoms with van der Waals surface area (Å²) in [5.41, 5.74) is 1.26. The van der Waals surface area contributed by atoms with Crippen LogP contribution in [0.5, 0.6) is 0 Å². The van der Waals surface area contributed by atoms with Crippen LogP contribution in [0.15, 0.2) is 22.7 Å². The Hall–Kier alpha value is -0.0500. The van der Waals surface area contributed by atoms with Gasteiger partial charge in [-0.15, -0.1) is 0 Å². The lowest BCUT2D eigenvalue weighted by Crippen LogP contribution is -2.14. The van der Waals surface area contributed by atoms with Crippen LogP contribution in [0.2, 0.25) is 5.02 Å². The molecule has 0 saturated carbocycles. The molecule has 0 fully saturated rings. The summed E-state index contributed by atoms with van der Waals surface area (Å²) >= 11 is 9.34. The summed E-state index contributed by atoms with van der Waals surface area (Å²) in [4.78, 5) is 0. The van der Waals surface area contributed by atoms with Crippen LogP contribution in [-0.2, 0) is 6.54 Å². The van der Waals surface area contributed by atoms with E-state index in [0.717, 1.165) is 22.6 Å². The summed E-state index contributed by atoms with van der Waals surface area (Å²) in [7, 11) is 0. The maximum Gasteiger partial charge on any atom is 0.0417 e. The number of nitrogens with one attached hydrogen (secondary N) is 1. The van der Waals surface area contributed by atoms with E-state index in [4.69, 9.17) is 11.6 Å². The van der Waals surface area contributed by atoms with Gasteiger partial charge in [-0.05, 0) is 30.7 Å². The molecule has 0 unspecified atom stereocenters. The first-order chi connectivity index (χ1) is 6.74. The summed E-state index contributed by atoms with van der Waals surface area (Å²) in [6, 6.07) is 5.90. The predicted molar refractivity (Wildman–Crippen MR) is 65.8 cm³/mol. The summed E-state index contributed by atoms with van der Waals surface area (Å²) in [5, 5.41) is 4.16. The Labute approximate surface area is 99.0 Å². The fourth-order valence-electron chi connectivity index (χ4n) is 1.19. The minimum atomic E-state index is 0.772. The summed E-state index contributed by atoms with van der Waals surface area (Å²) < 4.78 is 1.08. The Morgan fingerprint density at radius 3 is 2.86 bits per heavy atom. The van der Waals surface area contributed by atoms with Gasteiger partial charge in [0.1, 0.15) is 0 Å². The zero-order chi connectivity index (χ0) is 10.4. The fraction of sp³-hybridized carbons (Fsp3) is 0.455. The van der Waals surface area contributed by atoms with Gasteiger partial charge in [-0.25, -0.2) is 0 Å². The van der Waals surface area contributed by atoms with Crippen molar-refractivity contribution < 1.29 is 0 Å². The van der Waals surface area contributed by atoms with Gasteiger partial charge in [0.2, 0.25) is 0 Å². The van der Waals surface area contributed by atoms with Crippen LogP contribution in [0.4, 0.5) is 0 Å². The molecule has 0 radical (unpaired) electrons. The molecule has 0 amide bonds. The zero-order valence-corrected chi connectivity index (χ0v) is 10.7. The quantitative estimate of drug-likeness (QED) is 0.802. The Kier molecular flexibility index (Phi) is 5.53. The topological polar surface area (TPSA) is 12.0 Å². The van der Waals surface area contributed by atoms with Crippen molar-refractivity contribution in [2.24, 2.45) is 0 Å². The lowest BCUT2D eigenvalue weighted by Gasteiger charge is -2.06. The molecule has 1 aromatic carbocycles. The van der Waals surface area contributed by atoms with Crippen molar-refractivity contribution in [3.8, 4) is 0 Å². The monoisotopic (exact) mass is 275 g/mol. The SMILES string of the molecule is CCCCNCc1ccc(Cl)cc1Br. The molecule has 0 aliphatic carbocycles. The summed E-state index contributed by atoms with van der Waals surface area (Å²) in [5.74, 6) is 0. The standard InChI is InChI=1S/C11H15BrClN/c1-2-3-6-14-8-9-4-5-10(13)7-11(9)12/h4-5,7,14H,2-3,6,8H2,1H3. The number of halogens is 2. The van der Waals surface area contributed by atoms with Crippen LogP contribution in [0.25, 0.3) is 0 Å². The van der Waals surface area contributed by atoms with Crippen LogP contribution in [-0.4, -0.2) is 6.54 Å². The second kappa shape index (κ2) is 6.44. The van der Waals surface area contributed by atoms with E-state index in [-0.39, 0.29) is 0 Å². The van der Waals surface area contributed by atoms with Gasteiger partial charge in [0, 0.05) is 16.0 Å². The molecule has 0 aliphatic rings. The van der Waals surface area contributed by atoms with Crippen molar-refractivity contribution in [3.63, 3.8) is 0 Å². The first-order valence-corrected chi connectivity index (χ1v) is 6.05. The number of hydrogen-bond donors (Lipinski definition) is 1. The Morgan fingerprint density at radius 1 is 1.43 bits per heavy atom. The summed E-state index contributed by atoms with van der Waals surface area (Å²) in [6.07, 6.45) is 2.46. The van der Waals surface area contributed by atoms with E-state index >= 15 is 0 Å². The average molecular weight is 277 g/mol. The predicted octanol–water partition coefficient (Wildman–Crippen LogP) is 3.99. The molecule has 0 saturated heterocycles. The first-order valence-electron chi connectivity index (χ1n) is 4.88. The highest BCUT2D eigenvalue weighted by Crippen LogP contribution is 2.21. The largest absolute Gasteiger partial charge is 0.313 e. The number of hydrogen-bond acceptors (Lipinski definition) is 1. The lowest BCUT2D eigenvalue weighted by molar-refractivity contribution is 0.640. The fourth-order valence-corrected chi connectivity index (χ4v) is 2.01. The minimum Gasteiger partial charge on any atom is -0.313 e. The molecule has 0 spiro atoms. The zero-order valence-electron chi connectivity index (χ0n) is 8.32. The molecule has 0 bridgehead atoms. The third-order valence-electron chi connectivity index (χ3n) is 2.04. The number of benzene rings is 1. The van der Waals surface area contributed by atoms with Gasteiger partial charge in [0.05, 0.1) is 0 Å².